The lowest BCUT2D eigenvalue weighted by atomic mass is 10.1. The minimum absolute atomic E-state index is 0.178. The number of allylic oxidation sites excluding steroid dienone is 2. The highest BCUT2D eigenvalue weighted by Crippen LogP contribution is 2.14. The minimum Gasteiger partial charge on any atom is -0.378 e. The molecule has 0 unspecified atom stereocenters. The van der Waals surface area contributed by atoms with E-state index < -0.39 is 0 Å². The molecule has 0 fully saturated rings. The molecule has 0 saturated heterocycles. The topological polar surface area (TPSA) is 54.2 Å². The maximum atomic E-state index is 11.9. The Morgan fingerprint density at radius 3 is 1.32 bits per heavy atom. The second kappa shape index (κ2) is 13.5. The van der Waals surface area contributed by atoms with Gasteiger partial charge in [0, 0.05) is 57.4 Å². The Kier molecular flexibility index (Phi) is 10.5. The van der Waals surface area contributed by atoms with Gasteiger partial charge in [-0.15, -0.1) is 0 Å². The van der Waals surface area contributed by atoms with Crippen LogP contribution in [0.5, 0.6) is 0 Å². The van der Waals surface area contributed by atoms with E-state index in [1.54, 1.807) is 30.4 Å². The van der Waals surface area contributed by atoms with E-state index in [0.717, 1.165) is 22.5 Å². The van der Waals surface area contributed by atoms with E-state index >= 15 is 0 Å². The summed E-state index contributed by atoms with van der Waals surface area (Å²) in [6.45, 7) is 0. The third-order valence-electron chi connectivity index (χ3n) is 4.89. The van der Waals surface area contributed by atoms with Crippen LogP contribution in [0.3, 0.4) is 0 Å². The monoisotopic (exact) mass is 456 g/mol. The predicted molar refractivity (Wildman–Crippen MR) is 146 cm³/mol. The zero-order valence-electron chi connectivity index (χ0n) is 20.3. The molecule has 0 bridgehead atoms. The van der Waals surface area contributed by atoms with Gasteiger partial charge < -0.3 is 20.6 Å². The molecule has 176 valence electrons. The maximum Gasteiger partial charge on any atom is 0.123 e. The average Bonchev–Trinajstić information content (AvgIpc) is 2.83. The van der Waals surface area contributed by atoms with Crippen LogP contribution in [0.1, 0.15) is 17.5 Å². The van der Waals surface area contributed by atoms with E-state index in [4.69, 9.17) is 10.8 Å². The molecule has 0 atom stereocenters. The Morgan fingerprint density at radius 2 is 1.03 bits per heavy atom. The van der Waals surface area contributed by atoms with Crippen LogP contribution < -0.4 is 9.80 Å². The van der Waals surface area contributed by atoms with Gasteiger partial charge in [0.05, 0.1) is 0 Å². The van der Waals surface area contributed by atoms with Gasteiger partial charge >= 0.3 is 0 Å². The lowest BCUT2D eigenvalue weighted by Crippen LogP contribution is -2.07. The molecule has 0 heterocycles. The number of benzene rings is 3. The fourth-order valence-corrected chi connectivity index (χ4v) is 2.90. The van der Waals surface area contributed by atoms with Gasteiger partial charge in [-0.05, 0) is 59.7 Å². The van der Waals surface area contributed by atoms with Gasteiger partial charge in [-0.1, -0.05) is 54.6 Å². The van der Waals surface area contributed by atoms with Gasteiger partial charge in [-0.25, -0.2) is 4.39 Å². The van der Waals surface area contributed by atoms with Gasteiger partial charge in [0.1, 0.15) is 5.82 Å². The third-order valence-corrected chi connectivity index (χ3v) is 4.89. The van der Waals surface area contributed by atoms with E-state index in [0.29, 0.717) is 17.8 Å². The van der Waals surface area contributed by atoms with Gasteiger partial charge in [-0.3, -0.25) is 0 Å². The zero-order valence-corrected chi connectivity index (χ0v) is 20.3. The van der Waals surface area contributed by atoms with Crippen LogP contribution in [0.2, 0.25) is 0 Å². The Balaban J connectivity index is 0.000000497. The Bertz CT molecular complexity index is 1030. The minimum atomic E-state index is -0.178. The smallest absolute Gasteiger partial charge is 0.123 e. The van der Waals surface area contributed by atoms with Crippen molar-refractivity contribution < 1.29 is 4.39 Å². The highest BCUT2D eigenvalue weighted by atomic mass is 19.1. The molecule has 0 saturated carbocycles. The highest BCUT2D eigenvalue weighted by Gasteiger charge is 1.99. The Hall–Kier alpha value is -3.99. The average molecular weight is 457 g/mol. The van der Waals surface area contributed by atoms with Crippen molar-refractivity contribution in [2.75, 3.05) is 38.0 Å². The first-order valence-corrected chi connectivity index (χ1v) is 11.0. The van der Waals surface area contributed by atoms with Gasteiger partial charge in [0.25, 0.3) is 0 Å². The number of hydrogen-bond donors (Lipinski definition) is 2. The van der Waals surface area contributed by atoms with Gasteiger partial charge in [0.15, 0.2) is 0 Å². The first-order valence-electron chi connectivity index (χ1n) is 11.0. The molecule has 0 aliphatic heterocycles. The molecule has 34 heavy (non-hydrogen) atoms. The fourth-order valence-electron chi connectivity index (χ4n) is 2.90. The van der Waals surface area contributed by atoms with Gasteiger partial charge in [-0.2, -0.15) is 0 Å². The van der Waals surface area contributed by atoms with E-state index in [1.165, 1.54) is 12.1 Å². The van der Waals surface area contributed by atoms with E-state index in [2.05, 4.69) is 34.1 Å². The molecule has 5 heteroatoms. The molecule has 0 amide bonds. The summed E-state index contributed by atoms with van der Waals surface area (Å²) in [4.78, 5) is 4.11. The molecule has 3 aromatic carbocycles. The molecule has 3 rings (SSSR count). The van der Waals surface area contributed by atoms with Crippen molar-refractivity contribution in [1.29, 1.82) is 10.8 Å². The number of rotatable bonds is 8. The van der Waals surface area contributed by atoms with Crippen LogP contribution in [-0.2, 0) is 0 Å². The van der Waals surface area contributed by atoms with Crippen molar-refractivity contribution in [3.63, 3.8) is 0 Å². The number of halogens is 1. The van der Waals surface area contributed by atoms with Crippen LogP contribution in [0.4, 0.5) is 15.8 Å². The summed E-state index contributed by atoms with van der Waals surface area (Å²) in [6.07, 6.45) is 7.67. The second-order valence-corrected chi connectivity index (χ2v) is 8.16. The Morgan fingerprint density at radius 1 is 0.647 bits per heavy atom. The first-order chi connectivity index (χ1) is 16.2. The second-order valence-electron chi connectivity index (χ2n) is 8.16. The summed E-state index contributed by atoms with van der Waals surface area (Å²) in [5, 5.41) is 16.1. The summed E-state index contributed by atoms with van der Waals surface area (Å²) in [5.74, 6) is -0.178. The van der Waals surface area contributed by atoms with Crippen molar-refractivity contribution >= 4 is 35.0 Å². The quantitative estimate of drug-likeness (QED) is 0.366. The molecule has 4 nitrogen and oxygen atoms in total. The fraction of sp³-hybridized carbons (Fsp3) is 0.172. The van der Waals surface area contributed by atoms with Crippen molar-refractivity contribution in [3.05, 3.63) is 108 Å². The number of nitrogens with one attached hydrogen (secondary N) is 2. The van der Waals surface area contributed by atoms with Crippen LogP contribution in [0.15, 0.2) is 91.0 Å². The Labute approximate surface area is 202 Å². The first kappa shape index (κ1) is 26.3. The van der Waals surface area contributed by atoms with E-state index in [-0.39, 0.29) is 5.82 Å². The molecule has 3 aromatic rings. The number of hydrogen-bond acceptors (Lipinski definition) is 4. The van der Waals surface area contributed by atoms with Crippen LogP contribution in [0, 0.1) is 16.6 Å². The predicted octanol–water partition coefficient (Wildman–Crippen LogP) is 6.80. The number of nitrogens with zero attached hydrogens (tertiary/aromatic N) is 2. The molecule has 2 N–H and O–H groups in total. The largest absolute Gasteiger partial charge is 0.378 e. The summed E-state index contributed by atoms with van der Waals surface area (Å²) in [6, 6.07) is 24.3. The van der Waals surface area contributed by atoms with Crippen molar-refractivity contribution in [3.8, 4) is 0 Å². The van der Waals surface area contributed by atoms with Crippen molar-refractivity contribution in [2.45, 2.75) is 6.42 Å². The van der Waals surface area contributed by atoms with Crippen LogP contribution in [0.25, 0.3) is 12.2 Å². The summed E-state index contributed by atoms with van der Waals surface area (Å²) in [5.41, 5.74) is 5.23. The van der Waals surface area contributed by atoms with Crippen LogP contribution >= 0.6 is 0 Å². The molecule has 0 radical (unpaired) electrons. The third kappa shape index (κ3) is 9.65. The molecular formula is C29H33FN4. The van der Waals surface area contributed by atoms with Crippen molar-refractivity contribution in [1.82, 2.24) is 0 Å². The standard InChI is InChI=1S/C23H28N4.C6H5F/c1-26(2)22-13-7-18(8-14-22)5-11-20(24)17-21(25)12-6-19-9-15-23(16-10-19)27(3)4;7-6-4-2-1-3-5-6/h5-16,24-25H,17H2,1-4H3;1-5H. The normalized spacial score (nSPS) is 10.6. The van der Waals surface area contributed by atoms with E-state index in [1.807, 2.05) is 64.6 Å². The molecular weight excluding hydrogens is 423 g/mol. The zero-order chi connectivity index (χ0) is 24.9. The summed E-state index contributed by atoms with van der Waals surface area (Å²) >= 11 is 0. The molecule has 0 aliphatic rings. The van der Waals surface area contributed by atoms with Crippen molar-refractivity contribution in [2.24, 2.45) is 0 Å². The van der Waals surface area contributed by atoms with E-state index in [9.17, 15) is 4.39 Å². The summed E-state index contributed by atoms with van der Waals surface area (Å²) < 4.78 is 11.9. The highest BCUT2D eigenvalue weighted by molar-refractivity contribution is 6.13. The molecule has 0 aliphatic carbocycles. The summed E-state index contributed by atoms with van der Waals surface area (Å²) in [7, 11) is 8.04. The van der Waals surface area contributed by atoms with Gasteiger partial charge in [0.2, 0.25) is 0 Å². The molecule has 0 aromatic heterocycles. The maximum absolute atomic E-state index is 11.9. The molecule has 0 spiro atoms. The SMILES string of the molecule is CN(C)c1ccc(C=CC(=N)CC(=N)C=Cc2ccc(N(C)C)cc2)cc1.Fc1ccccc1. The lowest BCUT2D eigenvalue weighted by Gasteiger charge is -2.11. The number of anilines is 2. The van der Waals surface area contributed by atoms with Crippen LogP contribution in [-0.4, -0.2) is 39.6 Å². The lowest BCUT2D eigenvalue weighted by molar-refractivity contribution is 0.628.